The van der Waals surface area contributed by atoms with E-state index in [9.17, 15) is 0 Å². The van der Waals surface area contributed by atoms with E-state index in [4.69, 9.17) is 9.47 Å². The molecule has 0 saturated heterocycles. The summed E-state index contributed by atoms with van der Waals surface area (Å²) in [5.74, 6) is 1.57. The molecule has 3 rings (SSSR count). The van der Waals surface area contributed by atoms with Gasteiger partial charge in [-0.1, -0.05) is 18.2 Å². The molecule has 0 aliphatic heterocycles. The Morgan fingerprint density at radius 1 is 1.04 bits per heavy atom. The fourth-order valence-corrected chi connectivity index (χ4v) is 3.16. The van der Waals surface area contributed by atoms with E-state index >= 15 is 0 Å². The number of imidazole rings is 1. The molecule has 27 heavy (non-hydrogen) atoms. The number of allylic oxidation sites excluding steroid dienone is 1. The van der Waals surface area contributed by atoms with Gasteiger partial charge in [-0.15, -0.1) is 0 Å². The summed E-state index contributed by atoms with van der Waals surface area (Å²) in [4.78, 5) is 4.52. The minimum atomic E-state index is 0.671. The average molecular weight is 364 g/mol. The van der Waals surface area contributed by atoms with E-state index < -0.39 is 0 Å². The fourth-order valence-electron chi connectivity index (χ4n) is 3.16. The Morgan fingerprint density at radius 2 is 1.85 bits per heavy atom. The Kier molecular flexibility index (Phi) is 6.17. The minimum Gasteiger partial charge on any atom is -0.493 e. The van der Waals surface area contributed by atoms with Crippen LogP contribution in [-0.2, 0) is 6.54 Å². The molecule has 3 aromatic rings. The van der Waals surface area contributed by atoms with Gasteiger partial charge in [-0.3, -0.25) is 0 Å². The first-order chi connectivity index (χ1) is 13.1. The van der Waals surface area contributed by atoms with Crippen LogP contribution in [0.2, 0.25) is 0 Å². The first-order valence-electron chi connectivity index (χ1n) is 9.48. The van der Waals surface area contributed by atoms with Crippen LogP contribution in [0.5, 0.6) is 11.5 Å². The fraction of sp³-hybridized carbons (Fsp3) is 0.348. The summed E-state index contributed by atoms with van der Waals surface area (Å²) in [6.07, 6.45) is 8.01. The number of aryl methyl sites for hydroxylation is 3. The SMILES string of the molecule is CC=Cc1ccc(OCCCCn2cnc3cc(C)c(C)cc32)c(OC)c1. The number of fused-ring (bicyclic) bond motifs is 1. The van der Waals surface area contributed by atoms with Gasteiger partial charge in [0.15, 0.2) is 11.5 Å². The second-order valence-corrected chi connectivity index (χ2v) is 6.83. The van der Waals surface area contributed by atoms with Crippen LogP contribution < -0.4 is 9.47 Å². The van der Waals surface area contributed by atoms with Crippen molar-refractivity contribution >= 4 is 17.1 Å². The lowest BCUT2D eigenvalue weighted by atomic mass is 10.1. The lowest BCUT2D eigenvalue weighted by Gasteiger charge is -2.11. The van der Waals surface area contributed by atoms with Crippen LogP contribution in [0.4, 0.5) is 0 Å². The number of ether oxygens (including phenoxy) is 2. The van der Waals surface area contributed by atoms with Crippen molar-refractivity contribution in [2.45, 2.75) is 40.2 Å². The molecule has 0 fully saturated rings. The maximum Gasteiger partial charge on any atom is 0.161 e. The Balaban J connectivity index is 1.53. The molecule has 0 aliphatic rings. The topological polar surface area (TPSA) is 36.3 Å². The van der Waals surface area contributed by atoms with Crippen molar-refractivity contribution in [3.8, 4) is 11.5 Å². The first-order valence-corrected chi connectivity index (χ1v) is 9.48. The Hall–Kier alpha value is -2.75. The number of hydrogen-bond donors (Lipinski definition) is 0. The largest absolute Gasteiger partial charge is 0.493 e. The molecule has 0 amide bonds. The summed E-state index contributed by atoms with van der Waals surface area (Å²) in [6, 6.07) is 10.4. The van der Waals surface area contributed by atoms with Crippen LogP contribution in [-0.4, -0.2) is 23.3 Å². The number of hydrogen-bond acceptors (Lipinski definition) is 3. The van der Waals surface area contributed by atoms with Gasteiger partial charge in [-0.25, -0.2) is 4.98 Å². The smallest absolute Gasteiger partial charge is 0.161 e. The molecule has 0 radical (unpaired) electrons. The third-order valence-electron chi connectivity index (χ3n) is 4.83. The highest BCUT2D eigenvalue weighted by atomic mass is 16.5. The normalized spacial score (nSPS) is 11.4. The van der Waals surface area contributed by atoms with E-state index in [0.717, 1.165) is 42.0 Å². The predicted octanol–water partition coefficient (Wildman–Crippen LogP) is 5.55. The van der Waals surface area contributed by atoms with E-state index in [0.29, 0.717) is 6.61 Å². The second kappa shape index (κ2) is 8.76. The van der Waals surface area contributed by atoms with Crippen molar-refractivity contribution in [3.05, 3.63) is 59.4 Å². The molecule has 142 valence electrons. The summed E-state index contributed by atoms with van der Waals surface area (Å²) in [5.41, 5.74) is 5.98. The van der Waals surface area contributed by atoms with Gasteiger partial charge in [0.25, 0.3) is 0 Å². The van der Waals surface area contributed by atoms with E-state index in [1.165, 1.54) is 16.6 Å². The van der Waals surface area contributed by atoms with Crippen LogP contribution in [0.25, 0.3) is 17.1 Å². The average Bonchev–Trinajstić information content (AvgIpc) is 3.04. The number of rotatable bonds is 8. The second-order valence-electron chi connectivity index (χ2n) is 6.83. The number of benzene rings is 2. The standard InChI is InChI=1S/C23H28N2O2/c1-5-8-19-9-10-22(23(15-19)26-4)27-12-7-6-11-25-16-24-20-13-17(2)18(3)14-21(20)25/h5,8-10,13-16H,6-7,11-12H2,1-4H3. The van der Waals surface area contributed by atoms with Gasteiger partial charge in [-0.05, 0) is 74.6 Å². The van der Waals surface area contributed by atoms with Gasteiger partial charge in [-0.2, -0.15) is 0 Å². The summed E-state index contributed by atoms with van der Waals surface area (Å²) in [6.45, 7) is 7.89. The van der Waals surface area contributed by atoms with Gasteiger partial charge in [0.2, 0.25) is 0 Å². The van der Waals surface area contributed by atoms with Gasteiger partial charge in [0.05, 0.1) is 31.1 Å². The van der Waals surface area contributed by atoms with Crippen molar-refractivity contribution in [2.24, 2.45) is 0 Å². The zero-order valence-corrected chi connectivity index (χ0v) is 16.7. The molecule has 2 aromatic carbocycles. The molecular weight excluding hydrogens is 336 g/mol. The quantitative estimate of drug-likeness (QED) is 0.491. The maximum atomic E-state index is 5.93. The predicted molar refractivity (Wildman–Crippen MR) is 112 cm³/mol. The Morgan fingerprint density at radius 3 is 2.63 bits per heavy atom. The van der Waals surface area contributed by atoms with E-state index in [1.807, 2.05) is 43.6 Å². The van der Waals surface area contributed by atoms with Crippen LogP contribution in [0.3, 0.4) is 0 Å². The molecule has 4 nitrogen and oxygen atoms in total. The highest BCUT2D eigenvalue weighted by Crippen LogP contribution is 2.28. The van der Waals surface area contributed by atoms with Crippen molar-refractivity contribution in [3.63, 3.8) is 0 Å². The number of methoxy groups -OCH3 is 1. The molecule has 0 atom stereocenters. The zero-order valence-electron chi connectivity index (χ0n) is 16.7. The molecule has 0 bridgehead atoms. The lowest BCUT2D eigenvalue weighted by Crippen LogP contribution is -2.03. The van der Waals surface area contributed by atoms with Crippen molar-refractivity contribution in [1.29, 1.82) is 0 Å². The maximum absolute atomic E-state index is 5.93. The molecule has 0 spiro atoms. The van der Waals surface area contributed by atoms with Crippen LogP contribution in [0.15, 0.2) is 42.7 Å². The van der Waals surface area contributed by atoms with E-state index in [2.05, 4.69) is 35.5 Å². The minimum absolute atomic E-state index is 0.671. The van der Waals surface area contributed by atoms with Crippen LogP contribution in [0, 0.1) is 13.8 Å². The molecule has 1 heterocycles. The lowest BCUT2D eigenvalue weighted by molar-refractivity contribution is 0.284. The van der Waals surface area contributed by atoms with E-state index in [-0.39, 0.29) is 0 Å². The highest BCUT2D eigenvalue weighted by molar-refractivity contribution is 5.77. The van der Waals surface area contributed by atoms with Crippen molar-refractivity contribution < 1.29 is 9.47 Å². The zero-order chi connectivity index (χ0) is 19.2. The molecule has 1 aromatic heterocycles. The number of nitrogens with zero attached hydrogens (tertiary/aromatic N) is 2. The monoisotopic (exact) mass is 364 g/mol. The summed E-state index contributed by atoms with van der Waals surface area (Å²) in [5, 5.41) is 0. The van der Waals surface area contributed by atoms with Crippen molar-refractivity contribution in [1.82, 2.24) is 9.55 Å². The van der Waals surface area contributed by atoms with Crippen LogP contribution >= 0.6 is 0 Å². The molecule has 0 N–H and O–H groups in total. The molecule has 0 unspecified atom stereocenters. The van der Waals surface area contributed by atoms with Crippen LogP contribution in [0.1, 0.15) is 36.5 Å². The molecule has 0 saturated carbocycles. The summed E-state index contributed by atoms with van der Waals surface area (Å²) in [7, 11) is 1.68. The molecular formula is C23H28N2O2. The summed E-state index contributed by atoms with van der Waals surface area (Å²) < 4.78 is 13.6. The first kappa shape index (κ1) is 19.0. The number of aromatic nitrogens is 2. The third-order valence-corrected chi connectivity index (χ3v) is 4.83. The molecule has 0 aliphatic carbocycles. The number of unbranched alkanes of at least 4 members (excludes halogenated alkanes) is 1. The van der Waals surface area contributed by atoms with Gasteiger partial charge < -0.3 is 14.0 Å². The van der Waals surface area contributed by atoms with Gasteiger partial charge >= 0.3 is 0 Å². The highest BCUT2D eigenvalue weighted by Gasteiger charge is 2.06. The Labute approximate surface area is 161 Å². The third kappa shape index (κ3) is 4.51. The van der Waals surface area contributed by atoms with E-state index in [1.54, 1.807) is 7.11 Å². The Bertz CT molecular complexity index is 941. The van der Waals surface area contributed by atoms with Crippen molar-refractivity contribution in [2.75, 3.05) is 13.7 Å². The van der Waals surface area contributed by atoms with Gasteiger partial charge in [0, 0.05) is 6.54 Å². The molecule has 4 heteroatoms. The van der Waals surface area contributed by atoms with Gasteiger partial charge in [0.1, 0.15) is 0 Å². The summed E-state index contributed by atoms with van der Waals surface area (Å²) >= 11 is 0.